The van der Waals surface area contributed by atoms with Crippen molar-refractivity contribution < 1.29 is 0 Å². The van der Waals surface area contributed by atoms with Crippen LogP contribution in [0.4, 0.5) is 0 Å². The number of benzene rings is 7. The Hall–Kier alpha value is -6.66. The van der Waals surface area contributed by atoms with Gasteiger partial charge in [-0.2, -0.15) is 10.5 Å². The van der Waals surface area contributed by atoms with E-state index >= 15 is 0 Å². The van der Waals surface area contributed by atoms with Crippen LogP contribution in [0.3, 0.4) is 0 Å². The largest absolute Gasteiger partial charge is 0.309 e. The van der Waals surface area contributed by atoms with Gasteiger partial charge in [0.25, 0.3) is 0 Å². The van der Waals surface area contributed by atoms with E-state index < -0.39 is 0 Å². The zero-order valence-electron chi connectivity index (χ0n) is 28.4. The van der Waals surface area contributed by atoms with Crippen molar-refractivity contribution in [2.45, 2.75) is 19.3 Å². The first-order chi connectivity index (χ1) is 25.4. The standard InChI is InChI=1S/C47H28N4S/c1-47(2)39-9-5-3-7-31(39)33-23-36-35-20-28(26-49)12-16-43(35)51(44(36)24-40(33)47)30-14-18-46-38(22-30)37-21-29(13-17-45(37)52-46)50-41-10-6-4-8-32(41)34-19-27(25-48)11-15-42(34)50/h3-24H,1-2H3. The maximum absolute atomic E-state index is 9.90. The molecule has 3 aromatic heterocycles. The molecule has 0 spiro atoms. The van der Waals surface area contributed by atoms with Crippen molar-refractivity contribution >= 4 is 75.1 Å². The number of nitriles is 2. The lowest BCUT2D eigenvalue weighted by atomic mass is 9.82. The molecule has 11 rings (SSSR count). The van der Waals surface area contributed by atoms with Gasteiger partial charge in [-0.15, -0.1) is 11.3 Å². The zero-order chi connectivity index (χ0) is 34.9. The fourth-order valence-electron chi connectivity index (χ4n) is 8.91. The van der Waals surface area contributed by atoms with Crippen LogP contribution < -0.4 is 0 Å². The Kier molecular flexibility index (Phi) is 5.71. The summed E-state index contributed by atoms with van der Waals surface area (Å²) in [7, 11) is 0. The van der Waals surface area contributed by atoms with Crippen molar-refractivity contribution in [3.8, 4) is 34.6 Å². The Morgan fingerprint density at radius 3 is 1.69 bits per heavy atom. The predicted molar refractivity (Wildman–Crippen MR) is 215 cm³/mol. The first-order valence-corrected chi connectivity index (χ1v) is 18.3. The molecule has 4 nitrogen and oxygen atoms in total. The summed E-state index contributed by atoms with van der Waals surface area (Å²) >= 11 is 1.82. The molecule has 1 aliphatic rings. The van der Waals surface area contributed by atoms with Gasteiger partial charge >= 0.3 is 0 Å². The summed E-state index contributed by atoms with van der Waals surface area (Å²) in [6.07, 6.45) is 0. The van der Waals surface area contributed by atoms with Gasteiger partial charge in [-0.3, -0.25) is 0 Å². The highest BCUT2D eigenvalue weighted by Gasteiger charge is 2.36. The number of hydrogen-bond donors (Lipinski definition) is 0. The van der Waals surface area contributed by atoms with E-state index in [1.807, 2.05) is 35.6 Å². The van der Waals surface area contributed by atoms with Crippen LogP contribution in [0.1, 0.15) is 36.1 Å². The maximum Gasteiger partial charge on any atom is 0.0991 e. The smallest absolute Gasteiger partial charge is 0.0991 e. The number of para-hydroxylation sites is 1. The second-order valence-electron chi connectivity index (χ2n) is 14.4. The molecule has 0 unspecified atom stereocenters. The molecule has 242 valence electrons. The van der Waals surface area contributed by atoms with Gasteiger partial charge < -0.3 is 9.13 Å². The second-order valence-corrected chi connectivity index (χ2v) is 15.5. The van der Waals surface area contributed by atoms with Gasteiger partial charge in [0, 0.05) is 58.5 Å². The average Bonchev–Trinajstić information content (AvgIpc) is 3.88. The molecular formula is C47H28N4S. The van der Waals surface area contributed by atoms with E-state index in [0.717, 1.165) is 55.0 Å². The minimum Gasteiger partial charge on any atom is -0.309 e. The highest BCUT2D eigenvalue weighted by molar-refractivity contribution is 7.25. The monoisotopic (exact) mass is 680 g/mol. The number of thiophene rings is 1. The van der Waals surface area contributed by atoms with Gasteiger partial charge in [0.15, 0.2) is 0 Å². The number of rotatable bonds is 2. The lowest BCUT2D eigenvalue weighted by Crippen LogP contribution is -2.14. The van der Waals surface area contributed by atoms with Crippen LogP contribution >= 0.6 is 11.3 Å². The van der Waals surface area contributed by atoms with E-state index in [4.69, 9.17) is 0 Å². The summed E-state index contributed by atoms with van der Waals surface area (Å²) in [5.41, 5.74) is 13.0. The molecule has 3 heterocycles. The van der Waals surface area contributed by atoms with Crippen LogP contribution in [0.5, 0.6) is 0 Å². The predicted octanol–water partition coefficient (Wildman–Crippen LogP) is 12.3. The van der Waals surface area contributed by atoms with E-state index in [9.17, 15) is 10.5 Å². The van der Waals surface area contributed by atoms with Crippen molar-refractivity contribution in [2.75, 3.05) is 0 Å². The molecule has 0 radical (unpaired) electrons. The highest BCUT2D eigenvalue weighted by atomic mass is 32.1. The zero-order valence-corrected chi connectivity index (χ0v) is 29.2. The molecule has 10 aromatic rings. The van der Waals surface area contributed by atoms with Crippen LogP contribution in [0.2, 0.25) is 0 Å². The van der Waals surface area contributed by atoms with Gasteiger partial charge in [0.1, 0.15) is 0 Å². The Balaban J connectivity index is 1.16. The quantitative estimate of drug-likeness (QED) is 0.182. The fraction of sp³-hybridized carbons (Fsp3) is 0.0638. The number of hydrogen-bond acceptors (Lipinski definition) is 3. The maximum atomic E-state index is 9.90. The van der Waals surface area contributed by atoms with Crippen LogP contribution in [0.25, 0.3) is 86.3 Å². The van der Waals surface area contributed by atoms with E-state index in [-0.39, 0.29) is 5.41 Å². The van der Waals surface area contributed by atoms with E-state index in [1.165, 1.54) is 42.4 Å². The minimum atomic E-state index is -0.133. The molecule has 0 atom stereocenters. The summed E-state index contributed by atoms with van der Waals surface area (Å²) in [5.74, 6) is 0. The van der Waals surface area contributed by atoms with Crippen LogP contribution in [-0.4, -0.2) is 9.13 Å². The third-order valence-corrected chi connectivity index (χ3v) is 12.5. The van der Waals surface area contributed by atoms with Crippen molar-refractivity contribution in [1.29, 1.82) is 10.5 Å². The van der Waals surface area contributed by atoms with Gasteiger partial charge in [0.05, 0.1) is 45.3 Å². The summed E-state index contributed by atoms with van der Waals surface area (Å²) < 4.78 is 7.18. The Bertz CT molecular complexity index is 3300. The molecule has 0 aliphatic heterocycles. The molecule has 52 heavy (non-hydrogen) atoms. The topological polar surface area (TPSA) is 57.4 Å². The third-order valence-electron chi connectivity index (χ3n) is 11.4. The van der Waals surface area contributed by atoms with Crippen molar-refractivity contribution in [3.63, 3.8) is 0 Å². The molecule has 0 amide bonds. The highest BCUT2D eigenvalue weighted by Crippen LogP contribution is 2.51. The van der Waals surface area contributed by atoms with E-state index in [0.29, 0.717) is 11.1 Å². The van der Waals surface area contributed by atoms with Gasteiger partial charge in [-0.1, -0.05) is 56.3 Å². The summed E-state index contributed by atoms with van der Waals surface area (Å²) in [5, 5.41) is 26.4. The van der Waals surface area contributed by atoms with Gasteiger partial charge in [0.2, 0.25) is 0 Å². The average molecular weight is 681 g/mol. The van der Waals surface area contributed by atoms with Crippen LogP contribution in [0.15, 0.2) is 133 Å². The molecule has 1 aliphatic carbocycles. The van der Waals surface area contributed by atoms with Crippen LogP contribution in [-0.2, 0) is 5.41 Å². The number of fused-ring (bicyclic) bond motifs is 12. The Labute approximate surface area is 303 Å². The number of nitrogens with zero attached hydrogens (tertiary/aromatic N) is 4. The van der Waals surface area contributed by atoms with Gasteiger partial charge in [-0.25, -0.2) is 0 Å². The van der Waals surface area contributed by atoms with Crippen molar-refractivity contribution in [1.82, 2.24) is 9.13 Å². The Morgan fingerprint density at radius 1 is 0.462 bits per heavy atom. The SMILES string of the molecule is CC1(C)c2ccccc2-c2cc3c4cc(C#N)ccc4n(-c4ccc5sc6ccc(-n7c8ccccc8c8cc(C#N)ccc87)cc6c5c4)c3cc21. The second kappa shape index (κ2) is 10.2. The molecule has 7 aromatic carbocycles. The summed E-state index contributed by atoms with van der Waals surface area (Å²) in [6, 6.07) is 52.3. The third kappa shape index (κ3) is 3.78. The lowest BCUT2D eigenvalue weighted by Gasteiger charge is -2.21. The molecule has 0 saturated carbocycles. The molecule has 0 fully saturated rings. The van der Waals surface area contributed by atoms with Crippen molar-refractivity contribution in [3.05, 3.63) is 156 Å². The molecule has 0 N–H and O–H groups in total. The van der Waals surface area contributed by atoms with E-state index in [2.05, 4.69) is 144 Å². The van der Waals surface area contributed by atoms with Crippen LogP contribution in [0, 0.1) is 22.7 Å². The Morgan fingerprint density at radius 2 is 1.02 bits per heavy atom. The molecule has 0 saturated heterocycles. The summed E-state index contributed by atoms with van der Waals surface area (Å²) in [6.45, 7) is 4.65. The fourth-order valence-corrected chi connectivity index (χ4v) is 9.98. The molecular weight excluding hydrogens is 653 g/mol. The summed E-state index contributed by atoms with van der Waals surface area (Å²) in [4.78, 5) is 0. The first-order valence-electron chi connectivity index (χ1n) is 17.5. The minimum absolute atomic E-state index is 0.133. The first kappa shape index (κ1) is 29.1. The van der Waals surface area contributed by atoms with Crippen molar-refractivity contribution in [2.24, 2.45) is 0 Å². The lowest BCUT2D eigenvalue weighted by molar-refractivity contribution is 0.661. The molecule has 0 bridgehead atoms. The van der Waals surface area contributed by atoms with Gasteiger partial charge in [-0.05, 0) is 113 Å². The van der Waals surface area contributed by atoms with E-state index in [1.54, 1.807) is 0 Å². The molecule has 5 heteroatoms. The normalized spacial score (nSPS) is 13.3. The number of aromatic nitrogens is 2.